The molecule has 0 amide bonds. The van der Waals surface area contributed by atoms with Crippen LogP contribution in [0.1, 0.15) is 28.6 Å². The van der Waals surface area contributed by atoms with Crippen LogP contribution in [0.4, 0.5) is 0 Å². The molecule has 0 bridgehead atoms. The fourth-order valence-corrected chi connectivity index (χ4v) is 2.37. The Morgan fingerprint density at radius 3 is 2.83 bits per heavy atom. The molecule has 1 aliphatic heterocycles. The number of hydrogen-bond donors (Lipinski definition) is 1. The summed E-state index contributed by atoms with van der Waals surface area (Å²) in [5.41, 5.74) is 0.460. The average molecular weight is 253 g/mol. The normalized spacial score (nSPS) is 17.4. The number of esters is 1. The Labute approximate surface area is 104 Å². The van der Waals surface area contributed by atoms with E-state index in [1.54, 1.807) is 4.57 Å². The van der Waals surface area contributed by atoms with Gasteiger partial charge in [0.25, 0.3) is 0 Å². The smallest absolute Gasteiger partial charge is 0.358 e. The largest absolute Gasteiger partial charge is 0.491 e. The first-order chi connectivity index (χ1) is 8.63. The van der Waals surface area contributed by atoms with E-state index in [1.807, 2.05) is 0 Å². The Kier molecular flexibility index (Phi) is 3.38. The van der Waals surface area contributed by atoms with Crippen LogP contribution in [-0.2, 0) is 11.2 Å². The second-order valence-corrected chi connectivity index (χ2v) is 4.12. The summed E-state index contributed by atoms with van der Waals surface area (Å²) >= 11 is 0. The first kappa shape index (κ1) is 12.6. The molecule has 0 spiro atoms. The van der Waals surface area contributed by atoms with Gasteiger partial charge in [-0.15, -0.1) is 0 Å². The summed E-state index contributed by atoms with van der Waals surface area (Å²) in [5, 5.41) is 9.33. The van der Waals surface area contributed by atoms with Gasteiger partial charge < -0.3 is 19.1 Å². The van der Waals surface area contributed by atoms with E-state index in [9.17, 15) is 14.7 Å². The number of fused-ring (bicyclic) bond motifs is 1. The van der Waals surface area contributed by atoms with Crippen molar-refractivity contribution in [2.24, 2.45) is 0 Å². The standard InChI is InChI=1S/C12H15NO5/c1-17-11-9(15)5-7-3-4-8(6-14)13(7)10(11)12(16)18-2/h5,8,14H,3-4,6H2,1-2H3. The number of nitrogens with zero attached hydrogens (tertiary/aromatic N) is 1. The lowest BCUT2D eigenvalue weighted by atomic mass is 10.2. The summed E-state index contributed by atoms with van der Waals surface area (Å²) in [6.45, 7) is -0.0942. The van der Waals surface area contributed by atoms with E-state index in [2.05, 4.69) is 0 Å². The van der Waals surface area contributed by atoms with Crippen LogP contribution < -0.4 is 10.2 Å². The van der Waals surface area contributed by atoms with Crippen molar-refractivity contribution in [2.45, 2.75) is 18.9 Å². The summed E-state index contributed by atoms with van der Waals surface area (Å²) in [6.07, 6.45) is 1.33. The van der Waals surface area contributed by atoms with E-state index in [-0.39, 0.29) is 29.5 Å². The zero-order chi connectivity index (χ0) is 13.3. The summed E-state index contributed by atoms with van der Waals surface area (Å²) in [7, 11) is 2.58. The number of rotatable bonds is 3. The van der Waals surface area contributed by atoms with Crippen LogP contribution in [0.25, 0.3) is 0 Å². The van der Waals surface area contributed by atoms with Gasteiger partial charge in [0.15, 0.2) is 11.4 Å². The number of ether oxygens (including phenoxy) is 2. The molecule has 1 aromatic heterocycles. The van der Waals surface area contributed by atoms with Crippen molar-refractivity contribution in [3.05, 3.63) is 27.7 Å². The number of carbonyl (C=O) groups excluding carboxylic acids is 1. The minimum atomic E-state index is -0.633. The Morgan fingerprint density at radius 2 is 2.28 bits per heavy atom. The van der Waals surface area contributed by atoms with Crippen molar-refractivity contribution in [1.82, 2.24) is 4.57 Å². The van der Waals surface area contributed by atoms with Crippen molar-refractivity contribution in [1.29, 1.82) is 0 Å². The van der Waals surface area contributed by atoms with E-state index in [0.29, 0.717) is 12.8 Å². The molecule has 0 radical (unpaired) electrons. The van der Waals surface area contributed by atoms with Crippen molar-refractivity contribution < 1.29 is 19.4 Å². The van der Waals surface area contributed by atoms with Gasteiger partial charge in [0.1, 0.15) is 0 Å². The molecule has 0 aromatic carbocycles. The van der Waals surface area contributed by atoms with Crippen LogP contribution in [0, 0.1) is 0 Å². The number of carbonyl (C=O) groups is 1. The van der Waals surface area contributed by atoms with Gasteiger partial charge >= 0.3 is 5.97 Å². The molecule has 1 unspecified atom stereocenters. The maximum absolute atomic E-state index is 11.8. The van der Waals surface area contributed by atoms with Gasteiger partial charge in [0.05, 0.1) is 26.9 Å². The lowest BCUT2D eigenvalue weighted by Gasteiger charge is -2.18. The van der Waals surface area contributed by atoms with Crippen molar-refractivity contribution in [2.75, 3.05) is 20.8 Å². The van der Waals surface area contributed by atoms with Gasteiger partial charge in [-0.1, -0.05) is 0 Å². The SMILES string of the molecule is COC(=O)c1c(OC)c(=O)cc2n1C(CO)CC2. The molecule has 0 saturated heterocycles. The topological polar surface area (TPSA) is 77.8 Å². The molecule has 1 atom stereocenters. The lowest BCUT2D eigenvalue weighted by Crippen LogP contribution is -2.24. The molecule has 2 heterocycles. The average Bonchev–Trinajstić information content (AvgIpc) is 2.78. The molecule has 18 heavy (non-hydrogen) atoms. The number of hydrogen-bond acceptors (Lipinski definition) is 5. The third-order valence-corrected chi connectivity index (χ3v) is 3.18. The molecule has 0 fully saturated rings. The predicted octanol–water partition coefficient (Wildman–Crippen LogP) is 0.123. The number of pyridine rings is 1. The molecular formula is C12H15NO5. The maximum Gasteiger partial charge on any atom is 0.358 e. The highest BCUT2D eigenvalue weighted by Gasteiger charge is 2.30. The molecule has 1 N–H and O–H groups in total. The fourth-order valence-electron chi connectivity index (χ4n) is 2.37. The second-order valence-electron chi connectivity index (χ2n) is 4.12. The predicted molar refractivity (Wildman–Crippen MR) is 63.0 cm³/mol. The van der Waals surface area contributed by atoms with E-state index in [4.69, 9.17) is 9.47 Å². The maximum atomic E-state index is 11.8. The summed E-state index contributed by atoms with van der Waals surface area (Å²) in [6, 6.07) is 1.23. The summed E-state index contributed by atoms with van der Waals surface area (Å²) in [4.78, 5) is 23.7. The highest BCUT2D eigenvalue weighted by molar-refractivity contribution is 5.90. The highest BCUT2D eigenvalue weighted by Crippen LogP contribution is 2.30. The summed E-state index contributed by atoms with van der Waals surface area (Å²) in [5.74, 6) is -0.669. The molecule has 6 nitrogen and oxygen atoms in total. The lowest BCUT2D eigenvalue weighted by molar-refractivity contribution is 0.0578. The van der Waals surface area contributed by atoms with Gasteiger partial charge in [-0.3, -0.25) is 4.79 Å². The highest BCUT2D eigenvalue weighted by atomic mass is 16.5. The number of aromatic nitrogens is 1. The number of aliphatic hydroxyl groups is 1. The zero-order valence-corrected chi connectivity index (χ0v) is 10.3. The number of methoxy groups -OCH3 is 2. The van der Waals surface area contributed by atoms with Gasteiger partial charge in [-0.2, -0.15) is 0 Å². The third-order valence-electron chi connectivity index (χ3n) is 3.18. The van der Waals surface area contributed by atoms with Crippen LogP contribution in [0.5, 0.6) is 5.75 Å². The third kappa shape index (κ3) is 1.78. The Hall–Kier alpha value is -1.82. The molecular weight excluding hydrogens is 238 g/mol. The minimum absolute atomic E-state index is 0.0362. The molecule has 1 aromatic rings. The van der Waals surface area contributed by atoms with E-state index < -0.39 is 5.97 Å². The van der Waals surface area contributed by atoms with Crippen LogP contribution in [-0.4, -0.2) is 36.5 Å². The first-order valence-corrected chi connectivity index (χ1v) is 5.65. The monoisotopic (exact) mass is 253 g/mol. The Morgan fingerprint density at radius 1 is 1.56 bits per heavy atom. The van der Waals surface area contributed by atoms with E-state index >= 15 is 0 Å². The first-order valence-electron chi connectivity index (χ1n) is 5.65. The Balaban J connectivity index is 2.73. The van der Waals surface area contributed by atoms with Crippen LogP contribution in [0.15, 0.2) is 10.9 Å². The molecule has 98 valence electrons. The molecule has 0 saturated carbocycles. The van der Waals surface area contributed by atoms with Crippen molar-refractivity contribution in [3.8, 4) is 5.75 Å². The van der Waals surface area contributed by atoms with Gasteiger partial charge in [0.2, 0.25) is 5.43 Å². The number of aryl methyl sites for hydroxylation is 1. The van der Waals surface area contributed by atoms with Crippen molar-refractivity contribution in [3.63, 3.8) is 0 Å². The van der Waals surface area contributed by atoms with E-state index in [0.717, 1.165) is 5.69 Å². The zero-order valence-electron chi connectivity index (χ0n) is 10.3. The van der Waals surface area contributed by atoms with Gasteiger partial charge in [-0.25, -0.2) is 4.79 Å². The van der Waals surface area contributed by atoms with Crippen molar-refractivity contribution >= 4 is 5.97 Å². The van der Waals surface area contributed by atoms with Crippen LogP contribution in [0.2, 0.25) is 0 Å². The number of aliphatic hydroxyl groups excluding tert-OH is 1. The molecule has 6 heteroatoms. The Bertz CT molecular complexity index is 534. The molecule has 1 aliphatic rings. The fraction of sp³-hybridized carbons (Fsp3) is 0.500. The summed E-state index contributed by atoms with van der Waals surface area (Å²) < 4.78 is 11.3. The minimum Gasteiger partial charge on any atom is -0.491 e. The molecule has 0 aliphatic carbocycles. The van der Waals surface area contributed by atoms with E-state index in [1.165, 1.54) is 20.3 Å². The second kappa shape index (κ2) is 4.81. The van der Waals surface area contributed by atoms with Gasteiger partial charge in [-0.05, 0) is 12.8 Å². The van der Waals surface area contributed by atoms with Crippen LogP contribution in [0.3, 0.4) is 0 Å². The quantitative estimate of drug-likeness (QED) is 0.774. The molecule has 2 rings (SSSR count). The van der Waals surface area contributed by atoms with Gasteiger partial charge in [0, 0.05) is 11.8 Å². The van der Waals surface area contributed by atoms with Crippen LogP contribution >= 0.6 is 0 Å².